The number of ether oxygens (including phenoxy) is 2. The third-order valence-electron chi connectivity index (χ3n) is 3.53. The second-order valence-electron chi connectivity index (χ2n) is 5.37. The fraction of sp³-hybridized carbons (Fsp3) is 0.294. The van der Waals surface area contributed by atoms with Crippen molar-refractivity contribution in [3.63, 3.8) is 0 Å². The summed E-state index contributed by atoms with van der Waals surface area (Å²) in [5.74, 6) is -2.14. The van der Waals surface area contributed by atoms with Crippen molar-refractivity contribution in [1.82, 2.24) is 10.3 Å². The molecule has 1 aromatic carbocycles. The summed E-state index contributed by atoms with van der Waals surface area (Å²) in [7, 11) is 0. The van der Waals surface area contributed by atoms with Gasteiger partial charge in [0.15, 0.2) is 11.5 Å². The van der Waals surface area contributed by atoms with E-state index in [1.807, 2.05) is 0 Å². The second-order valence-corrected chi connectivity index (χ2v) is 6.76. The molecule has 2 aromatic rings. The van der Waals surface area contributed by atoms with E-state index in [1.54, 1.807) is 12.1 Å². The molecule has 26 heavy (non-hydrogen) atoms. The molecule has 0 bridgehead atoms. The SMILES string of the molecule is O=C(NCc1cc(Cl)c2c(c1)OCCCO2)c1cccnc1SC(F)F. The zero-order valence-electron chi connectivity index (χ0n) is 13.5. The van der Waals surface area contributed by atoms with Crippen LogP contribution in [-0.2, 0) is 6.54 Å². The zero-order valence-corrected chi connectivity index (χ0v) is 15.1. The Hall–Kier alpha value is -2.06. The van der Waals surface area contributed by atoms with Gasteiger partial charge in [-0.1, -0.05) is 11.6 Å². The van der Waals surface area contributed by atoms with E-state index >= 15 is 0 Å². The predicted molar refractivity (Wildman–Crippen MR) is 94.3 cm³/mol. The Labute approximate surface area is 158 Å². The number of pyridine rings is 1. The van der Waals surface area contributed by atoms with Gasteiger partial charge in [0.1, 0.15) is 5.03 Å². The summed E-state index contributed by atoms with van der Waals surface area (Å²) in [6.07, 6.45) is 2.12. The number of alkyl halides is 2. The molecule has 1 N–H and O–H groups in total. The van der Waals surface area contributed by atoms with Crippen LogP contribution in [0.5, 0.6) is 11.5 Å². The van der Waals surface area contributed by atoms with E-state index in [1.165, 1.54) is 18.3 Å². The molecule has 1 aromatic heterocycles. The van der Waals surface area contributed by atoms with Crippen molar-refractivity contribution in [3.05, 3.63) is 46.6 Å². The lowest BCUT2D eigenvalue weighted by molar-refractivity contribution is 0.0947. The number of aromatic nitrogens is 1. The van der Waals surface area contributed by atoms with E-state index < -0.39 is 11.7 Å². The first-order chi connectivity index (χ1) is 12.5. The molecule has 3 rings (SSSR count). The number of nitrogens with zero attached hydrogens (tertiary/aromatic N) is 1. The molecule has 0 saturated carbocycles. The Balaban J connectivity index is 1.72. The first kappa shape index (κ1) is 18.7. The molecule has 2 heterocycles. The lowest BCUT2D eigenvalue weighted by Gasteiger charge is -2.13. The highest BCUT2D eigenvalue weighted by molar-refractivity contribution is 7.99. The lowest BCUT2D eigenvalue weighted by atomic mass is 10.2. The molecule has 5 nitrogen and oxygen atoms in total. The Bertz CT molecular complexity index is 808. The van der Waals surface area contributed by atoms with Crippen LogP contribution in [0.15, 0.2) is 35.5 Å². The summed E-state index contributed by atoms with van der Waals surface area (Å²) in [4.78, 5) is 16.2. The molecule has 0 radical (unpaired) electrons. The van der Waals surface area contributed by atoms with Crippen molar-refractivity contribution in [1.29, 1.82) is 0 Å². The van der Waals surface area contributed by atoms with E-state index in [-0.39, 0.29) is 28.9 Å². The van der Waals surface area contributed by atoms with Gasteiger partial charge in [0, 0.05) is 19.2 Å². The summed E-state index contributed by atoms with van der Waals surface area (Å²) in [5, 5.41) is 3.06. The Morgan fingerprint density at radius 2 is 2.15 bits per heavy atom. The van der Waals surface area contributed by atoms with Gasteiger partial charge in [0.05, 0.1) is 23.8 Å². The van der Waals surface area contributed by atoms with Crippen molar-refractivity contribution in [2.45, 2.75) is 23.7 Å². The third kappa shape index (κ3) is 4.56. The number of amides is 1. The highest BCUT2D eigenvalue weighted by atomic mass is 35.5. The molecule has 0 fully saturated rings. The van der Waals surface area contributed by atoms with Crippen LogP contribution in [0.25, 0.3) is 0 Å². The number of carbonyl (C=O) groups excluding carboxylic acids is 1. The van der Waals surface area contributed by atoms with Crippen LogP contribution in [0.1, 0.15) is 22.3 Å². The van der Waals surface area contributed by atoms with E-state index in [0.717, 1.165) is 6.42 Å². The molecule has 9 heteroatoms. The van der Waals surface area contributed by atoms with Crippen LogP contribution >= 0.6 is 23.4 Å². The number of thioether (sulfide) groups is 1. The standard InChI is InChI=1S/C17H15ClF2N2O3S/c18-12-7-10(8-13-14(12)25-6-2-5-24-13)9-22-15(23)11-3-1-4-21-16(11)26-17(19)20/h1,3-4,7-8,17H,2,5-6,9H2,(H,22,23). The van der Waals surface area contributed by atoms with Crippen molar-refractivity contribution in [3.8, 4) is 11.5 Å². The van der Waals surface area contributed by atoms with Crippen molar-refractivity contribution >= 4 is 29.3 Å². The van der Waals surface area contributed by atoms with E-state index in [4.69, 9.17) is 21.1 Å². The quantitative estimate of drug-likeness (QED) is 0.764. The fourth-order valence-electron chi connectivity index (χ4n) is 2.41. The number of halogens is 3. The summed E-state index contributed by atoms with van der Waals surface area (Å²) in [5.41, 5.74) is 0.804. The first-order valence-electron chi connectivity index (χ1n) is 7.80. The third-order valence-corrected chi connectivity index (χ3v) is 4.54. The maximum atomic E-state index is 12.6. The highest BCUT2D eigenvalue weighted by Gasteiger charge is 2.18. The van der Waals surface area contributed by atoms with Crippen LogP contribution in [0.4, 0.5) is 8.78 Å². The fourth-order valence-corrected chi connectivity index (χ4v) is 3.27. The molecule has 1 amide bonds. The average molecular weight is 401 g/mol. The van der Waals surface area contributed by atoms with Crippen molar-refractivity contribution in [2.24, 2.45) is 0 Å². The van der Waals surface area contributed by atoms with E-state index in [2.05, 4.69) is 10.3 Å². The number of fused-ring (bicyclic) bond motifs is 1. The molecule has 1 aliphatic heterocycles. The second kappa shape index (κ2) is 8.55. The molecule has 0 aliphatic carbocycles. The van der Waals surface area contributed by atoms with Gasteiger partial charge in [-0.25, -0.2) is 4.98 Å². The monoisotopic (exact) mass is 400 g/mol. The minimum Gasteiger partial charge on any atom is -0.489 e. The molecule has 138 valence electrons. The van der Waals surface area contributed by atoms with Crippen LogP contribution in [0.3, 0.4) is 0 Å². The number of hydrogen-bond acceptors (Lipinski definition) is 5. The summed E-state index contributed by atoms with van der Waals surface area (Å²) in [6.45, 7) is 1.19. The van der Waals surface area contributed by atoms with Crippen LogP contribution in [0, 0.1) is 0 Å². The molecule has 1 aliphatic rings. The molecule has 0 saturated heterocycles. The summed E-state index contributed by atoms with van der Waals surface area (Å²) < 4.78 is 36.4. The van der Waals surface area contributed by atoms with Gasteiger partial charge in [0.2, 0.25) is 0 Å². The number of nitrogens with one attached hydrogen (secondary N) is 1. The minimum absolute atomic E-state index is 0.0169. The van der Waals surface area contributed by atoms with Gasteiger partial charge in [-0.05, 0) is 41.6 Å². The Kier molecular flexibility index (Phi) is 6.16. The van der Waals surface area contributed by atoms with Gasteiger partial charge in [0.25, 0.3) is 11.7 Å². The van der Waals surface area contributed by atoms with Crippen molar-refractivity contribution < 1.29 is 23.0 Å². The summed E-state index contributed by atoms with van der Waals surface area (Å²) in [6, 6.07) is 6.39. The van der Waals surface area contributed by atoms with Crippen LogP contribution in [-0.4, -0.2) is 29.9 Å². The van der Waals surface area contributed by atoms with Gasteiger partial charge in [-0.15, -0.1) is 0 Å². The molecule has 0 atom stereocenters. The zero-order chi connectivity index (χ0) is 18.5. The van der Waals surface area contributed by atoms with Crippen LogP contribution < -0.4 is 14.8 Å². The van der Waals surface area contributed by atoms with Gasteiger partial charge in [-0.2, -0.15) is 8.78 Å². The van der Waals surface area contributed by atoms with Crippen molar-refractivity contribution in [2.75, 3.05) is 13.2 Å². The number of benzene rings is 1. The maximum absolute atomic E-state index is 12.6. The maximum Gasteiger partial charge on any atom is 0.290 e. The average Bonchev–Trinajstić information content (AvgIpc) is 2.85. The molecular weight excluding hydrogens is 386 g/mol. The normalized spacial score (nSPS) is 13.4. The molecular formula is C17H15ClF2N2O3S. The van der Waals surface area contributed by atoms with E-state index in [0.29, 0.717) is 35.3 Å². The molecule has 0 spiro atoms. The lowest BCUT2D eigenvalue weighted by Crippen LogP contribution is -2.23. The van der Waals surface area contributed by atoms with Gasteiger partial charge in [-0.3, -0.25) is 4.79 Å². The number of rotatable bonds is 5. The Morgan fingerprint density at radius 1 is 1.35 bits per heavy atom. The number of hydrogen-bond donors (Lipinski definition) is 1. The predicted octanol–water partition coefficient (Wildman–Crippen LogP) is 4.14. The molecule has 0 unspecified atom stereocenters. The topological polar surface area (TPSA) is 60.5 Å². The first-order valence-corrected chi connectivity index (χ1v) is 9.06. The number of carbonyl (C=O) groups is 1. The smallest absolute Gasteiger partial charge is 0.290 e. The van der Waals surface area contributed by atoms with Crippen LogP contribution in [0.2, 0.25) is 5.02 Å². The largest absolute Gasteiger partial charge is 0.489 e. The van der Waals surface area contributed by atoms with Gasteiger partial charge < -0.3 is 14.8 Å². The minimum atomic E-state index is -2.66. The van der Waals surface area contributed by atoms with E-state index in [9.17, 15) is 13.6 Å². The highest BCUT2D eigenvalue weighted by Crippen LogP contribution is 2.38. The summed E-state index contributed by atoms with van der Waals surface area (Å²) >= 11 is 6.46. The van der Waals surface area contributed by atoms with Gasteiger partial charge >= 0.3 is 0 Å². The Morgan fingerprint density at radius 3 is 2.96 bits per heavy atom.